The van der Waals surface area contributed by atoms with Crippen molar-refractivity contribution in [2.75, 3.05) is 31.2 Å². The third kappa shape index (κ3) is 9.06. The maximum atomic E-state index is 14.4. The lowest BCUT2D eigenvalue weighted by atomic mass is 9.93. The van der Waals surface area contributed by atoms with E-state index in [1.54, 1.807) is 6.07 Å². The molecule has 0 bridgehead atoms. The summed E-state index contributed by atoms with van der Waals surface area (Å²) in [5.74, 6) is -3.90. The number of amides is 1. The van der Waals surface area contributed by atoms with Crippen LogP contribution in [-0.4, -0.2) is 65.7 Å². The molecule has 13 heteroatoms. The van der Waals surface area contributed by atoms with Gasteiger partial charge in [0.25, 0.3) is 16.0 Å². The Morgan fingerprint density at radius 1 is 1.31 bits per heavy atom. The van der Waals surface area contributed by atoms with Gasteiger partial charge in [0.1, 0.15) is 24.6 Å². The predicted octanol–water partition coefficient (Wildman–Crippen LogP) is 2.83. The zero-order chi connectivity index (χ0) is 23.8. The molecule has 1 saturated heterocycles. The van der Waals surface area contributed by atoms with Crippen molar-refractivity contribution in [1.82, 2.24) is 14.9 Å². The molecule has 1 aliphatic heterocycles. The smallest absolute Gasteiger partial charge is 0.410 e. The van der Waals surface area contributed by atoms with Gasteiger partial charge in [0.05, 0.1) is 12.8 Å². The second-order valence-corrected chi connectivity index (χ2v) is 8.52. The summed E-state index contributed by atoms with van der Waals surface area (Å²) in [6, 6.07) is 7.03. The van der Waals surface area contributed by atoms with E-state index in [0.29, 0.717) is 17.6 Å². The number of ether oxygens (including phenoxy) is 1. The highest BCUT2D eigenvalue weighted by Gasteiger charge is 2.46. The van der Waals surface area contributed by atoms with Crippen molar-refractivity contribution in [3.05, 3.63) is 54.2 Å². The first-order valence-electron chi connectivity index (χ1n) is 9.40. The van der Waals surface area contributed by atoms with Crippen molar-refractivity contribution < 1.29 is 35.7 Å². The number of hydrogen-bond acceptors (Lipinski definition) is 7. The van der Waals surface area contributed by atoms with Crippen molar-refractivity contribution in [2.45, 2.75) is 19.0 Å². The average Bonchev–Trinajstić information content (AvgIpc) is 2.71. The van der Waals surface area contributed by atoms with Gasteiger partial charge >= 0.3 is 6.09 Å². The van der Waals surface area contributed by atoms with E-state index in [1.165, 1.54) is 36.8 Å². The third-order valence-electron chi connectivity index (χ3n) is 4.39. The molecule has 0 aliphatic carbocycles. The molecule has 0 saturated carbocycles. The molecule has 1 amide bonds. The van der Waals surface area contributed by atoms with Crippen LogP contribution < -0.4 is 5.32 Å². The fraction of sp³-hybridized carbons (Fsp3) is 0.421. The number of likely N-dealkylation sites (tertiary alicyclic amines) is 1. The second kappa shape index (κ2) is 11.1. The molecular formula is C19H23F3N4O5S. The summed E-state index contributed by atoms with van der Waals surface area (Å²) in [5.41, 5.74) is 0.584. The van der Waals surface area contributed by atoms with E-state index in [1.807, 2.05) is 0 Å². The number of hydrogen-bond donors (Lipinski definition) is 2. The van der Waals surface area contributed by atoms with Crippen molar-refractivity contribution in [3.8, 4) is 0 Å². The molecule has 9 nitrogen and oxygen atoms in total. The highest BCUT2D eigenvalue weighted by molar-refractivity contribution is 7.85. The summed E-state index contributed by atoms with van der Waals surface area (Å²) >= 11 is 0. The van der Waals surface area contributed by atoms with Crippen LogP contribution in [-0.2, 0) is 21.5 Å². The lowest BCUT2D eigenvalue weighted by Crippen LogP contribution is -2.52. The van der Waals surface area contributed by atoms with E-state index in [9.17, 15) is 26.4 Å². The molecule has 1 fully saturated rings. The molecule has 2 aromatic rings. The van der Waals surface area contributed by atoms with Gasteiger partial charge in [0.2, 0.25) is 0 Å². The van der Waals surface area contributed by atoms with Crippen LogP contribution in [0, 0.1) is 11.7 Å². The topological polar surface area (TPSA) is 122 Å². The summed E-state index contributed by atoms with van der Waals surface area (Å²) < 4.78 is 72.6. The minimum atomic E-state index is -3.67. The quantitative estimate of drug-likeness (QED) is 0.632. The van der Waals surface area contributed by atoms with Crippen LogP contribution in [0.4, 0.5) is 23.8 Å². The van der Waals surface area contributed by atoms with Gasteiger partial charge in [-0.25, -0.2) is 27.9 Å². The molecule has 176 valence electrons. The first-order valence-corrected chi connectivity index (χ1v) is 11.2. The number of anilines is 1. The molecular weight excluding hydrogens is 453 g/mol. The minimum Gasteiger partial charge on any atom is -0.445 e. The van der Waals surface area contributed by atoms with E-state index in [4.69, 9.17) is 9.29 Å². The summed E-state index contributed by atoms with van der Waals surface area (Å²) in [6.45, 7) is -0.582. The highest BCUT2D eigenvalue weighted by Crippen LogP contribution is 2.33. The molecule has 1 atom stereocenters. The number of carbonyl (C=O) groups excluding carboxylic acids is 1. The maximum absolute atomic E-state index is 14.4. The maximum Gasteiger partial charge on any atom is 0.410 e. The van der Waals surface area contributed by atoms with Crippen LogP contribution in [0.25, 0.3) is 0 Å². The number of carbonyl (C=O) groups is 1. The van der Waals surface area contributed by atoms with Crippen LogP contribution in [0.1, 0.15) is 12.0 Å². The van der Waals surface area contributed by atoms with Gasteiger partial charge < -0.3 is 15.0 Å². The molecule has 0 radical (unpaired) electrons. The van der Waals surface area contributed by atoms with Gasteiger partial charge in [-0.3, -0.25) is 4.55 Å². The fourth-order valence-corrected chi connectivity index (χ4v) is 2.83. The largest absolute Gasteiger partial charge is 0.445 e. The van der Waals surface area contributed by atoms with Crippen LogP contribution >= 0.6 is 0 Å². The van der Waals surface area contributed by atoms with Crippen LogP contribution in [0.15, 0.2) is 42.9 Å². The Morgan fingerprint density at radius 3 is 2.53 bits per heavy atom. The number of nitrogens with zero attached hydrogens (tertiary/aromatic N) is 3. The minimum absolute atomic E-state index is 0.0441. The molecule has 32 heavy (non-hydrogen) atoms. The normalized spacial score (nSPS) is 17.7. The van der Waals surface area contributed by atoms with Gasteiger partial charge in [0.15, 0.2) is 0 Å². The lowest BCUT2D eigenvalue weighted by Gasteiger charge is -2.37. The second-order valence-electron chi connectivity index (χ2n) is 7.06. The number of benzene rings is 1. The van der Waals surface area contributed by atoms with Gasteiger partial charge in [0, 0.05) is 25.2 Å². The monoisotopic (exact) mass is 476 g/mol. The number of aromatic nitrogens is 2. The van der Waals surface area contributed by atoms with Crippen molar-refractivity contribution >= 4 is 22.0 Å². The van der Waals surface area contributed by atoms with Crippen molar-refractivity contribution in [3.63, 3.8) is 0 Å². The Bertz CT molecular complexity index is 970. The third-order valence-corrected chi connectivity index (χ3v) is 4.39. The molecule has 0 spiro atoms. The standard InChI is InChI=1S/C18H19F3N4O2.CH4O3S/c19-15-3-1-13(2-4-15)10-27-17(26)25-8-6-14(18(20,21)11-25)9-23-16-5-7-22-12-24-16;1-5(2,3)4/h1-5,7,12,14H,6,8-11H2,(H,22,23,24);1H3,(H,2,3,4). The summed E-state index contributed by atoms with van der Waals surface area (Å²) in [5, 5.41) is 2.87. The van der Waals surface area contributed by atoms with E-state index >= 15 is 0 Å². The average molecular weight is 476 g/mol. The fourth-order valence-electron chi connectivity index (χ4n) is 2.83. The summed E-state index contributed by atoms with van der Waals surface area (Å²) in [6.07, 6.45) is 2.90. The van der Waals surface area contributed by atoms with E-state index in [0.717, 1.165) is 4.90 Å². The molecule has 1 aromatic heterocycles. The van der Waals surface area contributed by atoms with E-state index in [-0.39, 0.29) is 26.1 Å². The first kappa shape index (κ1) is 25.3. The number of nitrogens with one attached hydrogen (secondary N) is 1. The number of piperidine rings is 1. The van der Waals surface area contributed by atoms with Gasteiger partial charge in [-0.1, -0.05) is 12.1 Å². The number of halogens is 3. The molecule has 3 rings (SSSR count). The number of rotatable bonds is 5. The molecule has 1 unspecified atom stereocenters. The summed E-state index contributed by atoms with van der Waals surface area (Å²) in [7, 11) is -3.67. The Labute approximate surface area is 183 Å². The highest BCUT2D eigenvalue weighted by atomic mass is 32.2. The molecule has 2 N–H and O–H groups in total. The Kier molecular flexibility index (Phi) is 8.78. The number of alkyl halides is 2. The predicted molar refractivity (Wildman–Crippen MR) is 109 cm³/mol. The molecule has 1 aromatic carbocycles. The Morgan fingerprint density at radius 2 is 1.97 bits per heavy atom. The van der Waals surface area contributed by atoms with E-state index in [2.05, 4.69) is 15.3 Å². The lowest BCUT2D eigenvalue weighted by molar-refractivity contribution is -0.101. The van der Waals surface area contributed by atoms with Crippen molar-refractivity contribution in [2.24, 2.45) is 5.92 Å². The SMILES string of the molecule is CS(=O)(=O)O.O=C(OCc1ccc(F)cc1)N1CCC(CNc2ccncn2)C(F)(F)C1. The first-order chi connectivity index (χ1) is 14.9. The Balaban J connectivity index is 0.000000654. The van der Waals surface area contributed by atoms with Crippen LogP contribution in [0.5, 0.6) is 0 Å². The summed E-state index contributed by atoms with van der Waals surface area (Å²) in [4.78, 5) is 20.8. The molecule has 1 aliphatic rings. The van der Waals surface area contributed by atoms with E-state index < -0.39 is 40.4 Å². The van der Waals surface area contributed by atoms with Gasteiger partial charge in [-0.05, 0) is 30.2 Å². The van der Waals surface area contributed by atoms with Gasteiger partial charge in [-0.2, -0.15) is 8.42 Å². The van der Waals surface area contributed by atoms with Crippen LogP contribution in [0.3, 0.4) is 0 Å². The Hall–Kier alpha value is -2.93. The zero-order valence-corrected chi connectivity index (χ0v) is 17.9. The van der Waals surface area contributed by atoms with Crippen LogP contribution in [0.2, 0.25) is 0 Å². The zero-order valence-electron chi connectivity index (χ0n) is 17.1. The van der Waals surface area contributed by atoms with Crippen molar-refractivity contribution in [1.29, 1.82) is 0 Å². The van der Waals surface area contributed by atoms with Gasteiger partial charge in [-0.15, -0.1) is 0 Å². The molecule has 2 heterocycles.